The Morgan fingerprint density at radius 3 is 2.48 bits per heavy atom. The molecule has 4 heteroatoms. The average molecular weight is 314 g/mol. The van der Waals surface area contributed by atoms with Gasteiger partial charge < -0.3 is 9.47 Å². The van der Waals surface area contributed by atoms with Gasteiger partial charge in [0, 0.05) is 17.9 Å². The van der Waals surface area contributed by atoms with Crippen molar-refractivity contribution in [1.29, 1.82) is 0 Å². The van der Waals surface area contributed by atoms with E-state index in [0.29, 0.717) is 6.42 Å². The Morgan fingerprint density at radius 2 is 1.87 bits per heavy atom. The molecule has 4 nitrogen and oxygen atoms in total. The zero-order valence-corrected chi connectivity index (χ0v) is 13.8. The molecule has 1 aromatic rings. The number of carbonyl (C=O) groups excluding carboxylic acids is 2. The van der Waals surface area contributed by atoms with Crippen LogP contribution in [-0.4, -0.2) is 26.2 Å². The molecule has 0 spiro atoms. The molecule has 1 aliphatic rings. The summed E-state index contributed by atoms with van der Waals surface area (Å²) in [5.74, 6) is 5.01. The number of methoxy groups -OCH3 is 2. The van der Waals surface area contributed by atoms with E-state index in [1.807, 2.05) is 24.3 Å². The highest BCUT2D eigenvalue weighted by molar-refractivity contribution is 6.05. The molecule has 0 saturated heterocycles. The monoisotopic (exact) mass is 314 g/mol. The molecule has 122 valence electrons. The van der Waals surface area contributed by atoms with E-state index in [0.717, 1.165) is 30.4 Å². The maximum atomic E-state index is 12.1. The Morgan fingerprint density at radius 1 is 1.22 bits per heavy atom. The van der Waals surface area contributed by atoms with Crippen molar-refractivity contribution >= 4 is 11.9 Å². The lowest BCUT2D eigenvalue weighted by Gasteiger charge is -2.13. The number of carbonyl (C=O) groups is 2. The van der Waals surface area contributed by atoms with Crippen LogP contribution in [0.15, 0.2) is 24.3 Å². The standard InChI is InChI=1S/C19H22O4/c1-4-5-6-7-10-14-11-8-9-12-15(14)16-13-19(16,17(20)22-2)18(21)23-3/h8-9,11-12,16H,4-6,13H2,1-3H3. The average Bonchev–Trinajstić information content (AvgIpc) is 3.34. The second-order valence-corrected chi connectivity index (χ2v) is 5.70. The number of hydrogen-bond acceptors (Lipinski definition) is 4. The second kappa shape index (κ2) is 7.32. The first-order valence-electron chi connectivity index (χ1n) is 7.86. The van der Waals surface area contributed by atoms with Gasteiger partial charge in [0.05, 0.1) is 14.2 Å². The molecule has 0 aromatic heterocycles. The van der Waals surface area contributed by atoms with Gasteiger partial charge in [-0.2, -0.15) is 0 Å². The van der Waals surface area contributed by atoms with Crippen LogP contribution in [0.3, 0.4) is 0 Å². The van der Waals surface area contributed by atoms with E-state index in [1.165, 1.54) is 14.2 Å². The fourth-order valence-corrected chi connectivity index (χ4v) is 2.87. The summed E-state index contributed by atoms with van der Waals surface area (Å²) in [5.41, 5.74) is 0.556. The van der Waals surface area contributed by atoms with Crippen molar-refractivity contribution < 1.29 is 19.1 Å². The molecule has 1 atom stereocenters. The summed E-state index contributed by atoms with van der Waals surface area (Å²) >= 11 is 0. The van der Waals surface area contributed by atoms with Crippen molar-refractivity contribution in [1.82, 2.24) is 0 Å². The predicted octanol–water partition coefficient (Wildman–Crippen LogP) is 3.05. The molecule has 0 radical (unpaired) electrons. The van der Waals surface area contributed by atoms with Crippen LogP contribution < -0.4 is 0 Å². The molecule has 2 rings (SSSR count). The summed E-state index contributed by atoms with van der Waals surface area (Å²) < 4.78 is 9.66. The molecule has 23 heavy (non-hydrogen) atoms. The van der Waals surface area contributed by atoms with Crippen LogP contribution in [0.5, 0.6) is 0 Å². The Labute approximate surface area is 137 Å². The lowest BCUT2D eigenvalue weighted by atomic mass is 9.95. The molecule has 1 saturated carbocycles. The molecule has 0 aliphatic heterocycles. The summed E-state index contributed by atoms with van der Waals surface area (Å²) in [4.78, 5) is 24.3. The first-order valence-corrected chi connectivity index (χ1v) is 7.86. The summed E-state index contributed by atoms with van der Waals surface area (Å²) in [5, 5.41) is 0. The number of hydrogen-bond donors (Lipinski definition) is 0. The highest BCUT2D eigenvalue weighted by atomic mass is 16.5. The van der Waals surface area contributed by atoms with E-state index >= 15 is 0 Å². The molecule has 0 heterocycles. The van der Waals surface area contributed by atoms with Crippen molar-refractivity contribution in [2.45, 2.75) is 38.5 Å². The van der Waals surface area contributed by atoms with Crippen LogP contribution in [0.2, 0.25) is 0 Å². The Bertz CT molecular complexity index is 635. The number of benzene rings is 1. The highest BCUT2D eigenvalue weighted by Crippen LogP contribution is 2.61. The summed E-state index contributed by atoms with van der Waals surface area (Å²) in [7, 11) is 2.58. The van der Waals surface area contributed by atoms with E-state index in [1.54, 1.807) is 0 Å². The Balaban J connectivity index is 2.31. The van der Waals surface area contributed by atoms with Gasteiger partial charge in [0.15, 0.2) is 5.41 Å². The fourth-order valence-electron chi connectivity index (χ4n) is 2.87. The van der Waals surface area contributed by atoms with Gasteiger partial charge >= 0.3 is 11.9 Å². The molecular weight excluding hydrogens is 292 g/mol. The SMILES string of the molecule is CCCCC#Cc1ccccc1C1CC1(C(=O)OC)C(=O)OC. The van der Waals surface area contributed by atoms with E-state index in [4.69, 9.17) is 9.47 Å². The number of unbranched alkanes of at least 4 members (excludes halogenated alkanes) is 2. The zero-order chi connectivity index (χ0) is 16.9. The molecule has 0 N–H and O–H groups in total. The lowest BCUT2D eigenvalue weighted by Crippen LogP contribution is -2.30. The van der Waals surface area contributed by atoms with Gasteiger partial charge in [0.1, 0.15) is 0 Å². The molecule has 0 bridgehead atoms. The van der Waals surface area contributed by atoms with Crippen molar-refractivity contribution in [2.24, 2.45) is 5.41 Å². The van der Waals surface area contributed by atoms with Crippen molar-refractivity contribution in [2.75, 3.05) is 14.2 Å². The molecule has 1 unspecified atom stereocenters. The van der Waals surface area contributed by atoms with Gasteiger partial charge in [-0.1, -0.05) is 43.4 Å². The van der Waals surface area contributed by atoms with Crippen LogP contribution >= 0.6 is 0 Å². The molecule has 0 amide bonds. The third kappa shape index (κ3) is 3.24. The first kappa shape index (κ1) is 17.1. The maximum Gasteiger partial charge on any atom is 0.323 e. The minimum absolute atomic E-state index is 0.237. The number of rotatable bonds is 5. The normalized spacial score (nSPS) is 17.6. The van der Waals surface area contributed by atoms with Gasteiger partial charge in [0.25, 0.3) is 0 Å². The molecule has 1 fully saturated rings. The lowest BCUT2D eigenvalue weighted by molar-refractivity contribution is -0.161. The fraction of sp³-hybridized carbons (Fsp3) is 0.474. The Hall–Kier alpha value is -2.28. The van der Waals surface area contributed by atoms with Gasteiger partial charge in [-0.05, 0) is 24.5 Å². The second-order valence-electron chi connectivity index (χ2n) is 5.70. The smallest absolute Gasteiger partial charge is 0.323 e. The van der Waals surface area contributed by atoms with Crippen molar-refractivity contribution in [3.8, 4) is 11.8 Å². The predicted molar refractivity (Wildman–Crippen MR) is 86.7 cm³/mol. The zero-order valence-electron chi connectivity index (χ0n) is 13.8. The largest absolute Gasteiger partial charge is 0.468 e. The van der Waals surface area contributed by atoms with Gasteiger partial charge in [-0.25, -0.2) is 0 Å². The van der Waals surface area contributed by atoms with E-state index < -0.39 is 17.4 Å². The first-order chi connectivity index (χ1) is 11.1. The summed E-state index contributed by atoms with van der Waals surface area (Å²) in [6.07, 6.45) is 3.41. The quantitative estimate of drug-likeness (QED) is 0.363. The van der Waals surface area contributed by atoms with Crippen molar-refractivity contribution in [3.63, 3.8) is 0 Å². The number of ether oxygens (including phenoxy) is 2. The Kier molecular flexibility index (Phi) is 5.44. The molecule has 1 aromatic carbocycles. The van der Waals surface area contributed by atoms with Gasteiger partial charge in [-0.3, -0.25) is 9.59 Å². The van der Waals surface area contributed by atoms with Crippen LogP contribution in [-0.2, 0) is 19.1 Å². The van der Waals surface area contributed by atoms with Gasteiger partial charge in [-0.15, -0.1) is 0 Å². The van der Waals surface area contributed by atoms with E-state index in [-0.39, 0.29) is 5.92 Å². The minimum atomic E-state index is -1.22. The highest BCUT2D eigenvalue weighted by Gasteiger charge is 2.68. The molecule has 1 aliphatic carbocycles. The van der Waals surface area contributed by atoms with Crippen molar-refractivity contribution in [3.05, 3.63) is 35.4 Å². The van der Waals surface area contributed by atoms with Crippen LogP contribution in [0.25, 0.3) is 0 Å². The van der Waals surface area contributed by atoms with E-state index in [9.17, 15) is 9.59 Å². The minimum Gasteiger partial charge on any atom is -0.468 e. The molecular formula is C19H22O4. The summed E-state index contributed by atoms with van der Waals surface area (Å²) in [6.45, 7) is 2.13. The van der Waals surface area contributed by atoms with Gasteiger partial charge in [0.2, 0.25) is 0 Å². The van der Waals surface area contributed by atoms with Crippen LogP contribution in [0.1, 0.15) is 49.7 Å². The third-order valence-corrected chi connectivity index (χ3v) is 4.27. The summed E-state index contributed by atoms with van der Waals surface area (Å²) in [6, 6.07) is 7.64. The van der Waals surface area contributed by atoms with E-state index in [2.05, 4.69) is 18.8 Å². The topological polar surface area (TPSA) is 52.6 Å². The van der Waals surface area contributed by atoms with Crippen LogP contribution in [0, 0.1) is 17.3 Å². The third-order valence-electron chi connectivity index (χ3n) is 4.27. The number of esters is 2. The maximum absolute atomic E-state index is 12.1. The van der Waals surface area contributed by atoms with Crippen LogP contribution in [0.4, 0.5) is 0 Å².